The summed E-state index contributed by atoms with van der Waals surface area (Å²) in [6, 6.07) is 0. The first kappa shape index (κ1) is 7.35. The van der Waals surface area contributed by atoms with Gasteiger partial charge in [-0.2, -0.15) is 0 Å². The normalized spacial score (nSPS) is 24.3. The van der Waals surface area contributed by atoms with Crippen LogP contribution in [-0.2, 0) is 0 Å². The summed E-state index contributed by atoms with van der Waals surface area (Å²) in [5.74, 6) is 1.30. The summed E-state index contributed by atoms with van der Waals surface area (Å²) in [5, 5.41) is 0.822. The Morgan fingerprint density at radius 1 is 1.50 bits per heavy atom. The molecule has 2 heterocycles. The molecule has 0 nitrogen and oxygen atoms in total. The summed E-state index contributed by atoms with van der Waals surface area (Å²) < 4.78 is 0. The van der Waals surface area contributed by atoms with Gasteiger partial charge in [0.05, 0.1) is 0 Å². The van der Waals surface area contributed by atoms with Crippen molar-refractivity contribution in [2.45, 2.75) is 22.0 Å². The molecule has 1 aliphatic heterocycles. The SMILES string of the molecule is CC1CSc2c[se]cc2S1. The van der Waals surface area contributed by atoms with Gasteiger partial charge in [0.2, 0.25) is 0 Å². The maximum atomic E-state index is 2.40. The van der Waals surface area contributed by atoms with Crippen LogP contribution in [0.1, 0.15) is 6.92 Å². The number of hydrogen-bond donors (Lipinski definition) is 0. The average Bonchev–Trinajstić information content (AvgIpc) is 2.33. The van der Waals surface area contributed by atoms with Crippen LogP contribution in [0.25, 0.3) is 0 Å². The zero-order chi connectivity index (χ0) is 6.97. The zero-order valence-corrected chi connectivity index (χ0v) is 9.01. The summed E-state index contributed by atoms with van der Waals surface area (Å²) >= 11 is 4.75. The van der Waals surface area contributed by atoms with Gasteiger partial charge >= 0.3 is 75.6 Å². The fourth-order valence-electron chi connectivity index (χ4n) is 0.923. The molecule has 0 radical (unpaired) electrons. The zero-order valence-electron chi connectivity index (χ0n) is 5.66. The van der Waals surface area contributed by atoms with E-state index in [-0.39, 0.29) is 0 Å². The molecule has 0 fully saturated rings. The molecule has 0 spiro atoms. The predicted octanol–water partition coefficient (Wildman–Crippen LogP) is 2.33. The van der Waals surface area contributed by atoms with Crippen LogP contribution in [-0.4, -0.2) is 25.5 Å². The third-order valence-corrected chi connectivity index (χ3v) is 6.44. The second kappa shape index (κ2) is 2.98. The van der Waals surface area contributed by atoms with E-state index >= 15 is 0 Å². The van der Waals surface area contributed by atoms with Crippen LogP contribution in [0.2, 0.25) is 0 Å². The van der Waals surface area contributed by atoms with Crippen molar-refractivity contribution in [3.63, 3.8) is 0 Å². The van der Waals surface area contributed by atoms with Crippen molar-refractivity contribution in [1.82, 2.24) is 0 Å². The van der Waals surface area contributed by atoms with Gasteiger partial charge in [0.15, 0.2) is 0 Å². The molecule has 0 aromatic carbocycles. The van der Waals surface area contributed by atoms with Gasteiger partial charge in [-0.05, 0) is 0 Å². The minimum absolute atomic E-state index is 0.675. The number of fused-ring (bicyclic) bond motifs is 1. The number of hydrogen-bond acceptors (Lipinski definition) is 2. The van der Waals surface area contributed by atoms with Gasteiger partial charge < -0.3 is 0 Å². The Hall–Kier alpha value is 0.699. The van der Waals surface area contributed by atoms with E-state index in [9.17, 15) is 0 Å². The molecule has 0 N–H and O–H groups in total. The number of thioether (sulfide) groups is 2. The van der Waals surface area contributed by atoms with E-state index < -0.39 is 0 Å². The Bertz CT molecular complexity index is 231. The summed E-state index contributed by atoms with van der Waals surface area (Å²) in [7, 11) is 0. The summed E-state index contributed by atoms with van der Waals surface area (Å²) in [4.78, 5) is 7.91. The van der Waals surface area contributed by atoms with Gasteiger partial charge in [-0.15, -0.1) is 0 Å². The van der Waals surface area contributed by atoms with E-state index in [1.165, 1.54) is 5.75 Å². The Morgan fingerprint density at radius 2 is 2.30 bits per heavy atom. The van der Waals surface area contributed by atoms with E-state index in [4.69, 9.17) is 0 Å². The third kappa shape index (κ3) is 1.33. The maximum absolute atomic E-state index is 2.40. The van der Waals surface area contributed by atoms with Crippen molar-refractivity contribution in [1.29, 1.82) is 0 Å². The van der Waals surface area contributed by atoms with E-state index in [0.717, 1.165) is 5.25 Å². The van der Waals surface area contributed by atoms with Crippen molar-refractivity contribution in [3.05, 3.63) is 9.88 Å². The van der Waals surface area contributed by atoms with Crippen LogP contribution >= 0.6 is 23.5 Å². The second-order valence-corrected chi connectivity index (χ2v) is 6.44. The van der Waals surface area contributed by atoms with Crippen LogP contribution < -0.4 is 0 Å². The van der Waals surface area contributed by atoms with Gasteiger partial charge in [0.25, 0.3) is 0 Å². The van der Waals surface area contributed by atoms with E-state index in [1.807, 2.05) is 23.5 Å². The van der Waals surface area contributed by atoms with Gasteiger partial charge in [0.1, 0.15) is 0 Å². The molecule has 1 atom stereocenters. The Kier molecular flexibility index (Phi) is 2.19. The standard InChI is InChI=1S/C7H8S2Se/c1-5-2-8-6-3-10-4-7(6)9-5/h3-5H,2H2,1H3. The van der Waals surface area contributed by atoms with E-state index in [2.05, 4.69) is 16.8 Å². The topological polar surface area (TPSA) is 0 Å². The van der Waals surface area contributed by atoms with Crippen LogP contribution in [0.4, 0.5) is 0 Å². The van der Waals surface area contributed by atoms with Crippen LogP contribution in [0.5, 0.6) is 0 Å². The van der Waals surface area contributed by atoms with Gasteiger partial charge in [-0.3, -0.25) is 0 Å². The molecule has 54 valence electrons. The molecule has 1 aromatic rings. The quantitative estimate of drug-likeness (QED) is 0.633. The minimum atomic E-state index is 0.675. The van der Waals surface area contributed by atoms with Crippen LogP contribution in [0, 0.1) is 0 Å². The molecule has 1 aliphatic rings. The molecular weight excluding hydrogens is 227 g/mol. The Labute approximate surface area is 75.5 Å². The van der Waals surface area contributed by atoms with Gasteiger partial charge in [0, 0.05) is 0 Å². The summed E-state index contributed by atoms with van der Waals surface area (Å²) in [6.45, 7) is 2.31. The molecule has 0 saturated carbocycles. The first-order valence-corrected chi connectivity index (χ1v) is 7.06. The van der Waals surface area contributed by atoms with Crippen molar-refractivity contribution in [2.75, 3.05) is 5.75 Å². The molecule has 10 heavy (non-hydrogen) atoms. The Morgan fingerprint density at radius 3 is 3.20 bits per heavy atom. The molecular formula is C7H8S2Se. The first-order chi connectivity index (χ1) is 4.86. The molecule has 1 unspecified atom stereocenters. The van der Waals surface area contributed by atoms with E-state index in [1.54, 1.807) is 9.79 Å². The fourth-order valence-corrected chi connectivity index (χ4v) is 5.95. The van der Waals surface area contributed by atoms with Gasteiger partial charge in [-0.25, -0.2) is 0 Å². The molecule has 0 aliphatic carbocycles. The summed E-state index contributed by atoms with van der Waals surface area (Å²) in [6.07, 6.45) is 0. The second-order valence-electron chi connectivity index (χ2n) is 2.34. The van der Waals surface area contributed by atoms with Crippen molar-refractivity contribution in [3.8, 4) is 0 Å². The molecule has 0 amide bonds. The first-order valence-electron chi connectivity index (χ1n) is 3.22. The van der Waals surface area contributed by atoms with Crippen LogP contribution in [0.3, 0.4) is 0 Å². The molecule has 1 aromatic heterocycles. The molecule has 2 rings (SSSR count). The van der Waals surface area contributed by atoms with Crippen molar-refractivity contribution < 1.29 is 0 Å². The fraction of sp³-hybridized carbons (Fsp3) is 0.429. The van der Waals surface area contributed by atoms with Crippen molar-refractivity contribution in [2.24, 2.45) is 0 Å². The van der Waals surface area contributed by atoms with Crippen LogP contribution in [0.15, 0.2) is 19.7 Å². The van der Waals surface area contributed by atoms with Gasteiger partial charge in [-0.1, -0.05) is 0 Å². The molecule has 3 heteroatoms. The molecule has 0 bridgehead atoms. The summed E-state index contributed by atoms with van der Waals surface area (Å²) in [5.41, 5.74) is 0. The third-order valence-electron chi connectivity index (χ3n) is 1.39. The average molecular weight is 235 g/mol. The van der Waals surface area contributed by atoms with Crippen molar-refractivity contribution >= 4 is 38.0 Å². The monoisotopic (exact) mass is 236 g/mol. The Balaban J connectivity index is 2.30. The predicted molar refractivity (Wildman–Crippen MR) is 49.4 cm³/mol. The van der Waals surface area contributed by atoms with E-state index in [0.29, 0.717) is 14.5 Å². The number of rotatable bonds is 0. The molecule has 0 saturated heterocycles.